The van der Waals surface area contributed by atoms with Gasteiger partial charge >= 0.3 is 0 Å². The van der Waals surface area contributed by atoms with Gasteiger partial charge in [0.25, 0.3) is 0 Å². The van der Waals surface area contributed by atoms with E-state index in [-0.39, 0.29) is 5.41 Å². The summed E-state index contributed by atoms with van der Waals surface area (Å²) in [6.45, 7) is 4.68. The lowest BCUT2D eigenvalue weighted by Gasteiger charge is -2.28. The molecule has 2 aliphatic carbocycles. The van der Waals surface area contributed by atoms with Crippen molar-refractivity contribution >= 4 is 11.4 Å². The van der Waals surface area contributed by atoms with Crippen molar-refractivity contribution < 1.29 is 0 Å². The summed E-state index contributed by atoms with van der Waals surface area (Å²) in [5.74, 6) is 0.707. The third-order valence-corrected chi connectivity index (χ3v) is 7.59. The van der Waals surface area contributed by atoms with Gasteiger partial charge in [-0.1, -0.05) is 93.1 Å². The van der Waals surface area contributed by atoms with Gasteiger partial charge in [0.15, 0.2) is 0 Å². The Balaban J connectivity index is 1.40. The molecule has 1 nitrogen and oxygen atoms in total. The summed E-state index contributed by atoms with van der Waals surface area (Å²) in [5.41, 5.74) is 12.0. The molecule has 0 aliphatic heterocycles. The van der Waals surface area contributed by atoms with Crippen molar-refractivity contribution in [3.8, 4) is 22.3 Å². The van der Waals surface area contributed by atoms with Crippen LogP contribution in [0, 0.1) is 0 Å². The molecule has 0 spiro atoms. The van der Waals surface area contributed by atoms with E-state index in [1.54, 1.807) is 0 Å². The lowest BCUT2D eigenvalue weighted by Crippen LogP contribution is -2.15. The number of anilines is 2. The van der Waals surface area contributed by atoms with E-state index < -0.39 is 0 Å². The van der Waals surface area contributed by atoms with Crippen molar-refractivity contribution in [3.63, 3.8) is 0 Å². The number of benzene rings is 4. The average molecular weight is 416 g/mol. The number of fused-ring (bicyclic) bond motifs is 3. The Morgan fingerprint density at radius 1 is 0.656 bits per heavy atom. The predicted octanol–water partition coefficient (Wildman–Crippen LogP) is 8.67. The van der Waals surface area contributed by atoms with Crippen LogP contribution in [0.5, 0.6) is 0 Å². The smallest absolute Gasteiger partial charge is 0.0464 e. The zero-order valence-corrected chi connectivity index (χ0v) is 18.9. The number of hydrogen-bond acceptors (Lipinski definition) is 1. The standard InChI is InChI=1S/C31H29N/c1-31(2)28-16-7-5-14-25(28)26-19-18-22(20-29(26)31)32-30-17-8-6-15-27(30)24-13-4-3-12-23(24)21-10-9-11-21/h3-8,12-21,32H,9-11H2,1-2H3. The minimum Gasteiger partial charge on any atom is -0.355 e. The van der Waals surface area contributed by atoms with Gasteiger partial charge in [0.1, 0.15) is 0 Å². The molecule has 1 heteroatoms. The SMILES string of the molecule is CC1(C)c2ccccc2-c2ccc(Nc3ccccc3-c3ccccc3C3CCC3)cc21. The summed E-state index contributed by atoms with van der Waals surface area (Å²) in [6.07, 6.45) is 3.98. The van der Waals surface area contributed by atoms with E-state index in [0.717, 1.165) is 5.69 Å². The van der Waals surface area contributed by atoms with Crippen LogP contribution in [-0.4, -0.2) is 0 Å². The van der Waals surface area contributed by atoms with Crippen LogP contribution in [0.3, 0.4) is 0 Å². The molecule has 0 amide bonds. The number of rotatable bonds is 4. The Morgan fingerprint density at radius 2 is 1.31 bits per heavy atom. The molecule has 0 bridgehead atoms. The van der Waals surface area contributed by atoms with Crippen LogP contribution in [0.4, 0.5) is 11.4 Å². The molecule has 0 heterocycles. The minimum absolute atomic E-state index is 0.0138. The first-order valence-electron chi connectivity index (χ1n) is 11.8. The first-order chi connectivity index (χ1) is 15.6. The molecule has 0 unspecified atom stereocenters. The Kier molecular flexibility index (Phi) is 4.47. The number of hydrogen-bond donors (Lipinski definition) is 1. The maximum absolute atomic E-state index is 3.77. The van der Waals surface area contributed by atoms with Crippen LogP contribution < -0.4 is 5.32 Å². The maximum atomic E-state index is 3.77. The lowest BCUT2D eigenvalue weighted by molar-refractivity contribution is 0.420. The summed E-state index contributed by atoms with van der Waals surface area (Å²) in [6, 6.07) is 33.4. The molecule has 0 aromatic heterocycles. The second kappa shape index (κ2) is 7.38. The number of para-hydroxylation sites is 1. The fourth-order valence-electron chi connectivity index (χ4n) is 5.58. The van der Waals surface area contributed by atoms with Crippen LogP contribution in [0.1, 0.15) is 55.7 Å². The molecule has 1 saturated carbocycles. The van der Waals surface area contributed by atoms with Crippen molar-refractivity contribution in [2.75, 3.05) is 5.32 Å². The number of nitrogens with one attached hydrogen (secondary N) is 1. The first-order valence-corrected chi connectivity index (χ1v) is 11.8. The third-order valence-electron chi connectivity index (χ3n) is 7.59. The Hall–Kier alpha value is -3.32. The van der Waals surface area contributed by atoms with E-state index in [1.165, 1.54) is 63.9 Å². The molecule has 32 heavy (non-hydrogen) atoms. The average Bonchev–Trinajstić information content (AvgIpc) is 3.01. The van der Waals surface area contributed by atoms with Gasteiger partial charge in [0, 0.05) is 22.4 Å². The molecule has 158 valence electrons. The molecule has 6 rings (SSSR count). The van der Waals surface area contributed by atoms with Gasteiger partial charge in [0.05, 0.1) is 0 Å². The molecule has 0 radical (unpaired) electrons. The second-order valence-electron chi connectivity index (χ2n) is 9.82. The highest BCUT2D eigenvalue weighted by molar-refractivity contribution is 5.86. The van der Waals surface area contributed by atoms with E-state index in [9.17, 15) is 0 Å². The Morgan fingerprint density at radius 3 is 2.09 bits per heavy atom. The summed E-state index contributed by atoms with van der Waals surface area (Å²) >= 11 is 0. The fourth-order valence-corrected chi connectivity index (χ4v) is 5.58. The van der Waals surface area contributed by atoms with E-state index in [1.807, 2.05) is 0 Å². The molecule has 4 aromatic rings. The fraction of sp³-hybridized carbons (Fsp3) is 0.226. The van der Waals surface area contributed by atoms with Crippen LogP contribution in [0.25, 0.3) is 22.3 Å². The summed E-state index contributed by atoms with van der Waals surface area (Å²) in [5, 5.41) is 3.77. The largest absolute Gasteiger partial charge is 0.355 e. The Bertz CT molecular complexity index is 1310. The minimum atomic E-state index is 0.0138. The van der Waals surface area contributed by atoms with Crippen molar-refractivity contribution in [1.29, 1.82) is 0 Å². The van der Waals surface area contributed by atoms with Crippen molar-refractivity contribution in [3.05, 3.63) is 108 Å². The van der Waals surface area contributed by atoms with Crippen molar-refractivity contribution in [2.45, 2.75) is 44.4 Å². The third kappa shape index (κ3) is 2.99. The summed E-state index contributed by atoms with van der Waals surface area (Å²) in [7, 11) is 0. The maximum Gasteiger partial charge on any atom is 0.0464 e. The van der Waals surface area contributed by atoms with Gasteiger partial charge in [-0.3, -0.25) is 0 Å². The normalized spacial score (nSPS) is 16.2. The van der Waals surface area contributed by atoms with Crippen molar-refractivity contribution in [1.82, 2.24) is 0 Å². The van der Waals surface area contributed by atoms with E-state index >= 15 is 0 Å². The van der Waals surface area contributed by atoms with Gasteiger partial charge in [-0.25, -0.2) is 0 Å². The molecule has 0 saturated heterocycles. The zero-order valence-electron chi connectivity index (χ0n) is 18.9. The van der Waals surface area contributed by atoms with Crippen LogP contribution >= 0.6 is 0 Å². The van der Waals surface area contributed by atoms with Gasteiger partial charge in [-0.15, -0.1) is 0 Å². The van der Waals surface area contributed by atoms with E-state index in [0.29, 0.717) is 5.92 Å². The summed E-state index contributed by atoms with van der Waals surface area (Å²) in [4.78, 5) is 0. The zero-order chi connectivity index (χ0) is 21.7. The molecule has 2 aliphatic rings. The highest BCUT2D eigenvalue weighted by Gasteiger charge is 2.35. The second-order valence-corrected chi connectivity index (χ2v) is 9.82. The van der Waals surface area contributed by atoms with Crippen LogP contribution in [0.15, 0.2) is 91.0 Å². The molecule has 1 N–H and O–H groups in total. The highest BCUT2D eigenvalue weighted by atomic mass is 14.9. The van der Waals surface area contributed by atoms with Gasteiger partial charge in [-0.2, -0.15) is 0 Å². The van der Waals surface area contributed by atoms with Crippen LogP contribution in [-0.2, 0) is 5.41 Å². The molecule has 4 aromatic carbocycles. The highest BCUT2D eigenvalue weighted by Crippen LogP contribution is 2.49. The van der Waals surface area contributed by atoms with Crippen LogP contribution in [0.2, 0.25) is 0 Å². The van der Waals surface area contributed by atoms with E-state index in [4.69, 9.17) is 0 Å². The predicted molar refractivity (Wildman–Crippen MR) is 136 cm³/mol. The molecular weight excluding hydrogens is 386 g/mol. The molecule has 0 atom stereocenters. The van der Waals surface area contributed by atoms with Gasteiger partial charge in [-0.05, 0) is 70.3 Å². The summed E-state index contributed by atoms with van der Waals surface area (Å²) < 4.78 is 0. The van der Waals surface area contributed by atoms with E-state index in [2.05, 4.69) is 110 Å². The Labute approximate surface area is 191 Å². The van der Waals surface area contributed by atoms with Gasteiger partial charge < -0.3 is 5.32 Å². The topological polar surface area (TPSA) is 12.0 Å². The molecular formula is C31H29N. The van der Waals surface area contributed by atoms with Crippen molar-refractivity contribution in [2.24, 2.45) is 0 Å². The first kappa shape index (κ1) is 19.4. The van der Waals surface area contributed by atoms with Gasteiger partial charge in [0.2, 0.25) is 0 Å². The lowest BCUT2D eigenvalue weighted by atomic mass is 9.77. The molecule has 1 fully saturated rings. The quantitative estimate of drug-likeness (QED) is 0.351. The monoisotopic (exact) mass is 415 g/mol.